The SMILES string of the molecule is C[C@@H]1CC[C@@]2(OC1)O[C@H]1C[C@H]3[C@@H]4CC[C@H]5C[C@@H](O[C@@H]6O[C@H](CO)[C@H](O[C@@H]7O[C@H](CO)[C@@H](O)[C@H](O)[C@H]7O[C@@H]7O[C@H](CO)[C@H](O)[C@H](O)[C@H]7O)[C@H](O)[C@H]6O)[C@H](O)C[C@]5(C)[C@H]4CC[C@]3(C)[C@H]1[C@@H]2C. The van der Waals surface area contributed by atoms with Gasteiger partial charge in [0.2, 0.25) is 0 Å². The summed E-state index contributed by atoms with van der Waals surface area (Å²) in [5.74, 6) is 2.57. The molecule has 0 aromatic rings. The molecule has 9 rings (SSSR count). The summed E-state index contributed by atoms with van der Waals surface area (Å²) in [4.78, 5) is 0. The molecule has 19 heteroatoms. The first kappa shape index (κ1) is 48.3. The zero-order valence-electron chi connectivity index (χ0n) is 37.3. The van der Waals surface area contributed by atoms with Gasteiger partial charge in [-0.05, 0) is 97.7 Å². The lowest BCUT2D eigenvalue weighted by atomic mass is 9.44. The van der Waals surface area contributed by atoms with Gasteiger partial charge in [0, 0.05) is 12.3 Å². The highest BCUT2D eigenvalue weighted by molar-refractivity contribution is 5.16. The Morgan fingerprint density at radius 3 is 1.86 bits per heavy atom. The third-order valence-electron chi connectivity index (χ3n) is 18.3. The fourth-order valence-corrected chi connectivity index (χ4v) is 14.7. The van der Waals surface area contributed by atoms with Gasteiger partial charge in [0.05, 0.1) is 44.7 Å². The molecule has 0 unspecified atom stereocenters. The molecule has 0 bridgehead atoms. The summed E-state index contributed by atoms with van der Waals surface area (Å²) in [6.45, 7) is 7.85. The van der Waals surface area contributed by atoms with Crippen LogP contribution in [0.4, 0.5) is 0 Å². The minimum absolute atomic E-state index is 0.144. The number of aliphatic hydroxyl groups is 11. The van der Waals surface area contributed by atoms with Crippen LogP contribution >= 0.6 is 0 Å². The third kappa shape index (κ3) is 7.85. The minimum atomic E-state index is -1.91. The largest absolute Gasteiger partial charge is 0.394 e. The van der Waals surface area contributed by atoms with Crippen LogP contribution in [0, 0.1) is 52.3 Å². The molecular formula is C45H74O19. The average molecular weight is 919 g/mol. The standard InChI is InChI=1S/C45H74O19/c1-18-7-10-45(57-17-18)19(2)30-26(64-45)12-23-21-6-5-20-11-25(24(49)13-44(20,4)22(21)8-9-43(23,30)3)58-40-37(56)35(54)38(29(16-48)61-40)62-42-39(34(53)32(51)28(15-47)60-42)63-41-36(55)33(52)31(50)27(14-46)59-41/h18-42,46-56H,5-17H2,1-4H3/t18-,19+,20+,21-,22+,23+,24-,25-,26+,27-,28-,29-,30+,31+,32-,33+,34+,35-,36-,37-,38+,39-,40-,41+,42+,43+,44+,45-/m1/s1. The van der Waals surface area contributed by atoms with Crippen molar-refractivity contribution in [2.45, 2.75) is 202 Å². The van der Waals surface area contributed by atoms with E-state index in [1.54, 1.807) is 0 Å². The lowest BCUT2D eigenvalue weighted by Gasteiger charge is -2.62. The van der Waals surface area contributed by atoms with Crippen molar-refractivity contribution in [3.05, 3.63) is 0 Å². The smallest absolute Gasteiger partial charge is 0.187 e. The number of hydrogen-bond donors (Lipinski definition) is 11. The van der Waals surface area contributed by atoms with E-state index in [-0.39, 0.29) is 22.9 Å². The van der Waals surface area contributed by atoms with Gasteiger partial charge in [0.25, 0.3) is 0 Å². The summed E-state index contributed by atoms with van der Waals surface area (Å²) >= 11 is 0. The summed E-state index contributed by atoms with van der Waals surface area (Å²) in [6, 6.07) is 0. The number of ether oxygens (including phenoxy) is 8. The highest BCUT2D eigenvalue weighted by Gasteiger charge is 2.69. The van der Waals surface area contributed by atoms with Crippen molar-refractivity contribution < 1.29 is 94.1 Å². The molecule has 4 aliphatic carbocycles. The van der Waals surface area contributed by atoms with Gasteiger partial charge < -0.3 is 94.1 Å². The van der Waals surface area contributed by atoms with E-state index in [0.717, 1.165) is 51.6 Å². The van der Waals surface area contributed by atoms with Crippen molar-refractivity contribution >= 4 is 0 Å². The van der Waals surface area contributed by atoms with Gasteiger partial charge in [-0.15, -0.1) is 0 Å². The van der Waals surface area contributed by atoms with E-state index in [1.807, 2.05) is 0 Å². The van der Waals surface area contributed by atoms with Crippen LogP contribution in [0.15, 0.2) is 0 Å². The minimum Gasteiger partial charge on any atom is -0.394 e. The van der Waals surface area contributed by atoms with E-state index in [0.29, 0.717) is 48.3 Å². The van der Waals surface area contributed by atoms with Gasteiger partial charge in [-0.1, -0.05) is 27.7 Å². The van der Waals surface area contributed by atoms with Crippen molar-refractivity contribution in [3.8, 4) is 0 Å². The summed E-state index contributed by atoms with van der Waals surface area (Å²) < 4.78 is 48.7. The molecule has 64 heavy (non-hydrogen) atoms. The number of fused-ring (bicyclic) bond motifs is 7. The molecular weight excluding hydrogens is 844 g/mol. The summed E-state index contributed by atoms with van der Waals surface area (Å²) in [5.41, 5.74) is 0.0147. The molecule has 4 saturated carbocycles. The fraction of sp³-hybridized carbons (Fsp3) is 1.00. The Balaban J connectivity index is 0.848. The second-order valence-corrected chi connectivity index (χ2v) is 21.7. The highest BCUT2D eigenvalue weighted by Crippen LogP contribution is 2.71. The molecule has 0 radical (unpaired) electrons. The van der Waals surface area contributed by atoms with Crippen LogP contribution in [0.2, 0.25) is 0 Å². The van der Waals surface area contributed by atoms with Crippen LogP contribution < -0.4 is 0 Å². The summed E-state index contributed by atoms with van der Waals surface area (Å²) in [5, 5.41) is 118. The van der Waals surface area contributed by atoms with E-state index in [2.05, 4.69) is 27.7 Å². The molecule has 5 saturated heterocycles. The van der Waals surface area contributed by atoms with Crippen molar-refractivity contribution in [1.82, 2.24) is 0 Å². The number of rotatable bonds is 9. The van der Waals surface area contributed by atoms with Gasteiger partial charge in [-0.25, -0.2) is 0 Å². The van der Waals surface area contributed by atoms with Gasteiger partial charge in [-0.2, -0.15) is 0 Å². The maximum absolute atomic E-state index is 11.8. The van der Waals surface area contributed by atoms with Crippen LogP contribution in [0.1, 0.15) is 85.5 Å². The Bertz CT molecular complexity index is 1600. The summed E-state index contributed by atoms with van der Waals surface area (Å²) in [6.07, 6.45) is -18.5. The third-order valence-corrected chi connectivity index (χ3v) is 18.3. The maximum Gasteiger partial charge on any atom is 0.187 e. The molecule has 11 N–H and O–H groups in total. The Hall–Kier alpha value is -0.760. The molecule has 0 aromatic heterocycles. The molecule has 9 aliphatic rings. The highest BCUT2D eigenvalue weighted by atomic mass is 16.8. The van der Waals surface area contributed by atoms with E-state index in [9.17, 15) is 56.2 Å². The molecule has 28 atom stereocenters. The first-order chi connectivity index (χ1) is 30.4. The van der Waals surface area contributed by atoms with Crippen molar-refractivity contribution in [1.29, 1.82) is 0 Å². The van der Waals surface area contributed by atoms with Crippen LogP contribution in [-0.4, -0.2) is 199 Å². The molecule has 5 heterocycles. The molecule has 5 aliphatic heterocycles. The molecule has 368 valence electrons. The van der Waals surface area contributed by atoms with Gasteiger partial charge in [-0.3, -0.25) is 0 Å². The normalized spacial score (nSPS) is 58.6. The Morgan fingerprint density at radius 2 is 1.19 bits per heavy atom. The Morgan fingerprint density at radius 1 is 0.578 bits per heavy atom. The van der Waals surface area contributed by atoms with Gasteiger partial charge in [0.15, 0.2) is 24.7 Å². The van der Waals surface area contributed by atoms with E-state index >= 15 is 0 Å². The first-order valence-corrected chi connectivity index (χ1v) is 23.9. The molecule has 19 nitrogen and oxygen atoms in total. The molecule has 9 fully saturated rings. The predicted molar refractivity (Wildman–Crippen MR) is 217 cm³/mol. The van der Waals surface area contributed by atoms with Gasteiger partial charge in [0.1, 0.15) is 73.2 Å². The van der Waals surface area contributed by atoms with Crippen LogP contribution in [0.3, 0.4) is 0 Å². The predicted octanol–water partition coefficient (Wildman–Crippen LogP) is -1.76. The van der Waals surface area contributed by atoms with Crippen LogP contribution in [0.25, 0.3) is 0 Å². The zero-order valence-corrected chi connectivity index (χ0v) is 37.3. The van der Waals surface area contributed by atoms with Crippen LogP contribution in [-0.2, 0) is 37.9 Å². The van der Waals surface area contributed by atoms with Crippen molar-refractivity contribution in [2.75, 3.05) is 26.4 Å². The lowest BCUT2D eigenvalue weighted by molar-refractivity contribution is -0.391. The quantitative estimate of drug-likeness (QED) is 0.114. The monoisotopic (exact) mass is 918 g/mol. The van der Waals surface area contributed by atoms with Crippen molar-refractivity contribution in [2.24, 2.45) is 52.3 Å². The topological polar surface area (TPSA) is 296 Å². The van der Waals surface area contributed by atoms with Gasteiger partial charge >= 0.3 is 0 Å². The zero-order chi connectivity index (χ0) is 45.8. The maximum atomic E-state index is 11.8. The average Bonchev–Trinajstić information content (AvgIpc) is 3.72. The molecule has 0 amide bonds. The van der Waals surface area contributed by atoms with Crippen molar-refractivity contribution in [3.63, 3.8) is 0 Å². The molecule has 0 aromatic carbocycles. The number of hydrogen-bond acceptors (Lipinski definition) is 19. The second kappa shape index (κ2) is 18.2. The van der Waals surface area contributed by atoms with E-state index in [1.165, 1.54) is 0 Å². The second-order valence-electron chi connectivity index (χ2n) is 21.7. The first-order valence-electron chi connectivity index (χ1n) is 23.9. The Kier molecular flexibility index (Phi) is 13.7. The van der Waals surface area contributed by atoms with Crippen LogP contribution in [0.5, 0.6) is 0 Å². The fourth-order valence-electron chi connectivity index (χ4n) is 14.7. The molecule has 1 spiro atoms. The number of aliphatic hydroxyl groups excluding tert-OH is 11. The van der Waals surface area contributed by atoms with E-state index in [4.69, 9.17) is 37.9 Å². The van der Waals surface area contributed by atoms with E-state index < -0.39 is 130 Å². The lowest BCUT2D eigenvalue weighted by Crippen LogP contribution is -2.67. The Labute approximate surface area is 373 Å². The summed E-state index contributed by atoms with van der Waals surface area (Å²) in [7, 11) is 0.